The van der Waals surface area contributed by atoms with Gasteiger partial charge >= 0.3 is 12.6 Å². The number of benzene rings is 2. The van der Waals surface area contributed by atoms with E-state index in [0.29, 0.717) is 19.4 Å². The van der Waals surface area contributed by atoms with Crippen LogP contribution in [0.3, 0.4) is 0 Å². The molecule has 2 aromatic rings. The molecule has 3 amide bonds. The number of urea groups is 1. The summed E-state index contributed by atoms with van der Waals surface area (Å²) in [5.74, 6) is -0.276. The van der Waals surface area contributed by atoms with Gasteiger partial charge < -0.3 is 21.1 Å². The summed E-state index contributed by atoms with van der Waals surface area (Å²) < 4.78 is 28.5. The summed E-state index contributed by atoms with van der Waals surface area (Å²) in [4.78, 5) is 23.5. The van der Waals surface area contributed by atoms with E-state index in [4.69, 9.17) is 5.73 Å². The highest BCUT2D eigenvalue weighted by atomic mass is 19.3. The van der Waals surface area contributed by atoms with Crippen LogP contribution in [0, 0.1) is 0 Å². The molecule has 4 N–H and O–H groups in total. The first-order chi connectivity index (χ1) is 12.9. The smallest absolute Gasteiger partial charge is 0.387 e. The van der Waals surface area contributed by atoms with E-state index < -0.39 is 18.7 Å². The normalized spacial score (nSPS) is 11.7. The first-order valence-corrected chi connectivity index (χ1v) is 8.35. The molecule has 0 spiro atoms. The van der Waals surface area contributed by atoms with Crippen molar-refractivity contribution in [3.63, 3.8) is 0 Å². The Morgan fingerprint density at radius 3 is 2.26 bits per heavy atom. The van der Waals surface area contributed by atoms with Gasteiger partial charge in [-0.15, -0.1) is 0 Å². The molecule has 0 aliphatic rings. The van der Waals surface area contributed by atoms with Gasteiger partial charge in [-0.1, -0.05) is 42.5 Å². The van der Waals surface area contributed by atoms with Crippen LogP contribution in [-0.4, -0.2) is 31.1 Å². The number of amides is 3. The number of nitrogens with one attached hydrogen (secondary N) is 2. The number of halogens is 2. The largest absolute Gasteiger partial charge is 0.435 e. The van der Waals surface area contributed by atoms with Gasteiger partial charge in [0.25, 0.3) is 0 Å². The van der Waals surface area contributed by atoms with E-state index in [1.165, 1.54) is 12.1 Å². The van der Waals surface area contributed by atoms with E-state index in [9.17, 15) is 18.4 Å². The molecule has 27 heavy (non-hydrogen) atoms. The third-order valence-electron chi connectivity index (χ3n) is 3.78. The second kappa shape index (κ2) is 10.1. The number of hydrogen-bond donors (Lipinski definition) is 3. The summed E-state index contributed by atoms with van der Waals surface area (Å²) in [6.45, 7) is -2.55. The van der Waals surface area contributed by atoms with Crippen LogP contribution in [0.1, 0.15) is 11.1 Å². The molecule has 6 nitrogen and oxygen atoms in total. The van der Waals surface area contributed by atoms with Gasteiger partial charge in [-0.3, -0.25) is 4.79 Å². The number of carbonyl (C=O) groups is 2. The Morgan fingerprint density at radius 1 is 1.00 bits per heavy atom. The highest BCUT2D eigenvalue weighted by molar-refractivity contribution is 5.86. The van der Waals surface area contributed by atoms with Crippen LogP contribution < -0.4 is 21.1 Å². The summed E-state index contributed by atoms with van der Waals surface area (Å²) in [5.41, 5.74) is 6.89. The molecular formula is C19H21F2N3O3. The van der Waals surface area contributed by atoms with E-state index in [2.05, 4.69) is 15.4 Å². The average molecular weight is 377 g/mol. The quantitative estimate of drug-likeness (QED) is 0.626. The molecule has 0 aromatic heterocycles. The zero-order valence-electron chi connectivity index (χ0n) is 14.5. The molecule has 2 rings (SSSR count). The van der Waals surface area contributed by atoms with Crippen LogP contribution in [0.4, 0.5) is 13.6 Å². The topological polar surface area (TPSA) is 93.5 Å². The molecule has 8 heteroatoms. The molecule has 144 valence electrons. The van der Waals surface area contributed by atoms with E-state index in [1.54, 1.807) is 12.1 Å². The number of nitrogens with two attached hydrogens (primary N) is 1. The third-order valence-corrected chi connectivity index (χ3v) is 3.78. The van der Waals surface area contributed by atoms with Gasteiger partial charge in [0, 0.05) is 13.0 Å². The van der Waals surface area contributed by atoms with Crippen LogP contribution >= 0.6 is 0 Å². The molecule has 0 heterocycles. The zero-order chi connectivity index (χ0) is 19.6. The second-order valence-electron chi connectivity index (χ2n) is 5.81. The van der Waals surface area contributed by atoms with Crippen molar-refractivity contribution in [1.29, 1.82) is 0 Å². The molecule has 0 radical (unpaired) electrons. The van der Waals surface area contributed by atoms with Crippen LogP contribution in [0.2, 0.25) is 0 Å². The molecule has 0 fully saturated rings. The van der Waals surface area contributed by atoms with Crippen molar-refractivity contribution < 1.29 is 23.1 Å². The number of carbonyl (C=O) groups excluding carboxylic acids is 2. The maximum Gasteiger partial charge on any atom is 0.387 e. The van der Waals surface area contributed by atoms with Crippen molar-refractivity contribution in [2.75, 3.05) is 6.54 Å². The van der Waals surface area contributed by atoms with Gasteiger partial charge in [-0.05, 0) is 29.7 Å². The van der Waals surface area contributed by atoms with E-state index in [-0.39, 0.29) is 11.7 Å². The lowest BCUT2D eigenvalue weighted by atomic mass is 10.1. The fourth-order valence-electron chi connectivity index (χ4n) is 2.52. The molecule has 0 saturated heterocycles. The Hall–Kier alpha value is -3.16. The minimum atomic E-state index is -2.87. The highest BCUT2D eigenvalue weighted by Crippen LogP contribution is 2.15. The highest BCUT2D eigenvalue weighted by Gasteiger charge is 2.19. The van der Waals surface area contributed by atoms with Gasteiger partial charge in [0.15, 0.2) is 0 Å². The van der Waals surface area contributed by atoms with E-state index >= 15 is 0 Å². The number of primary amides is 1. The Labute approximate surface area is 155 Å². The van der Waals surface area contributed by atoms with Gasteiger partial charge in [-0.25, -0.2) is 4.79 Å². The number of ether oxygens (including phenoxy) is 1. The summed E-state index contributed by atoms with van der Waals surface area (Å²) in [5, 5.41) is 5.18. The van der Waals surface area contributed by atoms with Crippen LogP contribution in [0.5, 0.6) is 5.75 Å². The third kappa shape index (κ3) is 7.31. The lowest BCUT2D eigenvalue weighted by molar-refractivity contribution is -0.122. The van der Waals surface area contributed by atoms with E-state index in [1.807, 2.05) is 30.3 Å². The monoisotopic (exact) mass is 377 g/mol. The van der Waals surface area contributed by atoms with Gasteiger partial charge in [0.2, 0.25) is 5.91 Å². The molecular weight excluding hydrogens is 356 g/mol. The Balaban J connectivity index is 1.86. The lowest BCUT2D eigenvalue weighted by Crippen LogP contribution is -2.50. The SMILES string of the molecule is NC(=O)NC(Cc1ccccc1)C(=O)NCCc1ccc(OC(F)F)cc1. The summed E-state index contributed by atoms with van der Waals surface area (Å²) in [6, 6.07) is 13.9. The standard InChI is InChI=1S/C19H21F2N3O3/c20-18(21)27-15-8-6-13(7-9-15)10-11-23-17(25)16(24-19(22)26)12-14-4-2-1-3-5-14/h1-9,16,18H,10-12H2,(H,23,25)(H3,22,24,26). The average Bonchev–Trinajstić information content (AvgIpc) is 2.62. The van der Waals surface area contributed by atoms with Gasteiger partial charge in [0.05, 0.1) is 0 Å². The fourth-order valence-corrected chi connectivity index (χ4v) is 2.52. The van der Waals surface area contributed by atoms with Gasteiger partial charge in [0.1, 0.15) is 11.8 Å². The minimum absolute atomic E-state index is 0.0753. The van der Waals surface area contributed by atoms with Crippen molar-refractivity contribution in [3.8, 4) is 5.75 Å². The fraction of sp³-hybridized carbons (Fsp3) is 0.263. The number of hydrogen-bond acceptors (Lipinski definition) is 3. The minimum Gasteiger partial charge on any atom is -0.435 e. The Bertz CT molecular complexity index is 740. The number of alkyl halides is 2. The Kier molecular flexibility index (Phi) is 7.54. The molecule has 1 unspecified atom stereocenters. The van der Waals surface area contributed by atoms with Crippen molar-refractivity contribution in [2.24, 2.45) is 5.73 Å². The predicted molar refractivity (Wildman–Crippen MR) is 96.4 cm³/mol. The van der Waals surface area contributed by atoms with Crippen molar-refractivity contribution in [2.45, 2.75) is 25.5 Å². The maximum atomic E-state index is 12.4. The lowest BCUT2D eigenvalue weighted by Gasteiger charge is -2.17. The van der Waals surface area contributed by atoms with Crippen LogP contribution in [0.25, 0.3) is 0 Å². The predicted octanol–water partition coefficient (Wildman–Crippen LogP) is 2.23. The molecule has 0 aliphatic carbocycles. The van der Waals surface area contributed by atoms with Crippen molar-refractivity contribution in [3.05, 3.63) is 65.7 Å². The molecule has 2 aromatic carbocycles. The maximum absolute atomic E-state index is 12.4. The van der Waals surface area contributed by atoms with Crippen molar-refractivity contribution >= 4 is 11.9 Å². The van der Waals surface area contributed by atoms with Gasteiger partial charge in [-0.2, -0.15) is 8.78 Å². The molecule has 0 bridgehead atoms. The number of rotatable bonds is 9. The zero-order valence-corrected chi connectivity index (χ0v) is 14.5. The van der Waals surface area contributed by atoms with Crippen LogP contribution in [-0.2, 0) is 17.6 Å². The summed E-state index contributed by atoms with van der Waals surface area (Å²) in [7, 11) is 0. The first kappa shape index (κ1) is 20.2. The molecule has 1 atom stereocenters. The molecule has 0 saturated carbocycles. The van der Waals surface area contributed by atoms with Crippen LogP contribution in [0.15, 0.2) is 54.6 Å². The summed E-state index contributed by atoms with van der Waals surface area (Å²) >= 11 is 0. The first-order valence-electron chi connectivity index (χ1n) is 8.35. The Morgan fingerprint density at radius 2 is 1.67 bits per heavy atom. The van der Waals surface area contributed by atoms with E-state index in [0.717, 1.165) is 11.1 Å². The molecule has 0 aliphatic heterocycles. The second-order valence-corrected chi connectivity index (χ2v) is 5.81. The summed E-state index contributed by atoms with van der Waals surface area (Å²) in [6.07, 6.45) is 0.810. The van der Waals surface area contributed by atoms with Crippen molar-refractivity contribution in [1.82, 2.24) is 10.6 Å².